The number of alkyl halides is 1. The molecule has 2 rings (SSSR count). The summed E-state index contributed by atoms with van der Waals surface area (Å²) in [5, 5.41) is 0. The summed E-state index contributed by atoms with van der Waals surface area (Å²) >= 11 is 5.72. The zero-order chi connectivity index (χ0) is 10.8. The zero-order valence-corrected chi connectivity index (χ0v) is 9.83. The van der Waals surface area contributed by atoms with Gasteiger partial charge in [-0.25, -0.2) is 0 Å². The van der Waals surface area contributed by atoms with Crippen LogP contribution in [0.3, 0.4) is 0 Å². The van der Waals surface area contributed by atoms with Gasteiger partial charge in [0.2, 0.25) is 5.91 Å². The van der Waals surface area contributed by atoms with Crippen molar-refractivity contribution in [2.24, 2.45) is 10.9 Å². The predicted octanol–water partition coefficient (Wildman–Crippen LogP) is 2.04. The molecular weight excluding hydrogens is 212 g/mol. The van der Waals surface area contributed by atoms with Crippen molar-refractivity contribution >= 4 is 23.3 Å². The lowest BCUT2D eigenvalue weighted by Crippen LogP contribution is -2.50. The van der Waals surface area contributed by atoms with Gasteiger partial charge >= 0.3 is 0 Å². The number of fused-ring (bicyclic) bond motifs is 1. The number of nitrogens with zero attached hydrogens (tertiary/aromatic N) is 2. The molecule has 0 aliphatic carbocycles. The fourth-order valence-electron chi connectivity index (χ4n) is 2.40. The lowest BCUT2D eigenvalue weighted by atomic mass is 9.93. The van der Waals surface area contributed by atoms with Crippen molar-refractivity contribution in [3.8, 4) is 0 Å². The van der Waals surface area contributed by atoms with Crippen LogP contribution >= 0.6 is 11.6 Å². The number of hydrogen-bond donors (Lipinski definition) is 0. The van der Waals surface area contributed by atoms with E-state index in [4.69, 9.17) is 11.6 Å². The average molecular weight is 229 g/mol. The van der Waals surface area contributed by atoms with Crippen LogP contribution in [0.2, 0.25) is 0 Å². The van der Waals surface area contributed by atoms with Gasteiger partial charge in [-0.3, -0.25) is 9.79 Å². The minimum atomic E-state index is 0.00403. The van der Waals surface area contributed by atoms with Crippen LogP contribution in [-0.4, -0.2) is 35.1 Å². The maximum absolute atomic E-state index is 12.1. The minimum absolute atomic E-state index is 0.00403. The van der Waals surface area contributed by atoms with E-state index in [9.17, 15) is 4.79 Å². The molecule has 0 radical (unpaired) electrons. The second-order valence-electron chi connectivity index (χ2n) is 4.32. The van der Waals surface area contributed by atoms with Crippen LogP contribution < -0.4 is 0 Å². The third-order valence-electron chi connectivity index (χ3n) is 3.28. The van der Waals surface area contributed by atoms with Crippen molar-refractivity contribution in [3.63, 3.8) is 0 Å². The van der Waals surface area contributed by atoms with Gasteiger partial charge in [0.1, 0.15) is 5.84 Å². The van der Waals surface area contributed by atoms with Crippen LogP contribution in [-0.2, 0) is 4.79 Å². The van der Waals surface area contributed by atoms with Crippen LogP contribution in [0.25, 0.3) is 0 Å². The maximum atomic E-state index is 12.1. The van der Waals surface area contributed by atoms with Gasteiger partial charge in [-0.1, -0.05) is 0 Å². The maximum Gasteiger partial charge on any atom is 0.233 e. The van der Waals surface area contributed by atoms with Crippen LogP contribution in [0.5, 0.6) is 0 Å². The number of carbonyl (C=O) groups excluding carboxylic acids is 1. The Kier molecular flexibility index (Phi) is 3.29. The van der Waals surface area contributed by atoms with Crippen molar-refractivity contribution in [3.05, 3.63) is 0 Å². The molecule has 0 saturated carbocycles. The quantitative estimate of drug-likeness (QED) is 0.666. The highest BCUT2D eigenvalue weighted by atomic mass is 35.5. The van der Waals surface area contributed by atoms with E-state index in [0.29, 0.717) is 5.88 Å². The minimum Gasteiger partial charge on any atom is -0.300 e. The zero-order valence-electron chi connectivity index (χ0n) is 9.08. The molecule has 2 aliphatic heterocycles. The Bertz CT molecular complexity index is 290. The molecule has 15 heavy (non-hydrogen) atoms. The number of hydrogen-bond acceptors (Lipinski definition) is 2. The molecule has 0 bridgehead atoms. The van der Waals surface area contributed by atoms with Crippen LogP contribution in [0.4, 0.5) is 0 Å². The molecule has 0 N–H and O–H groups in total. The highest BCUT2D eigenvalue weighted by molar-refractivity contribution is 6.18. The second kappa shape index (κ2) is 4.52. The first-order valence-electron chi connectivity index (χ1n) is 5.68. The van der Waals surface area contributed by atoms with Crippen molar-refractivity contribution < 1.29 is 4.79 Å². The Labute approximate surface area is 95.5 Å². The van der Waals surface area contributed by atoms with E-state index in [1.807, 2.05) is 11.8 Å². The molecule has 84 valence electrons. The number of carbonyl (C=O) groups is 1. The van der Waals surface area contributed by atoms with Crippen LogP contribution in [0.1, 0.15) is 32.6 Å². The van der Waals surface area contributed by atoms with E-state index >= 15 is 0 Å². The number of aliphatic imine (C=N–C) groups is 1. The summed E-state index contributed by atoms with van der Waals surface area (Å²) in [7, 11) is 0. The van der Waals surface area contributed by atoms with Gasteiger partial charge in [-0.2, -0.15) is 0 Å². The van der Waals surface area contributed by atoms with Gasteiger partial charge in [0.05, 0.1) is 12.0 Å². The molecule has 1 amide bonds. The Balaban J connectivity index is 2.19. The largest absolute Gasteiger partial charge is 0.300 e. The first-order chi connectivity index (χ1) is 7.24. The van der Waals surface area contributed by atoms with Crippen molar-refractivity contribution in [2.45, 2.75) is 38.6 Å². The molecule has 2 unspecified atom stereocenters. The number of amides is 1. The lowest BCUT2D eigenvalue weighted by Gasteiger charge is -2.37. The molecule has 0 spiro atoms. The van der Waals surface area contributed by atoms with E-state index in [1.54, 1.807) is 0 Å². The fraction of sp³-hybridized carbons (Fsp3) is 0.818. The Morgan fingerprint density at radius 3 is 3.07 bits per heavy atom. The van der Waals surface area contributed by atoms with E-state index in [-0.39, 0.29) is 17.9 Å². The molecule has 1 saturated heterocycles. The van der Waals surface area contributed by atoms with Gasteiger partial charge in [0.15, 0.2) is 0 Å². The molecule has 1 fully saturated rings. The van der Waals surface area contributed by atoms with Gasteiger partial charge in [-0.15, -0.1) is 11.6 Å². The SMILES string of the molecule is CC1N=C2CCCCN2C(=O)C1CCCl. The van der Waals surface area contributed by atoms with E-state index in [2.05, 4.69) is 4.99 Å². The summed E-state index contributed by atoms with van der Waals surface area (Å²) in [5.41, 5.74) is 0. The summed E-state index contributed by atoms with van der Waals surface area (Å²) in [6.45, 7) is 2.87. The van der Waals surface area contributed by atoms with E-state index in [1.165, 1.54) is 0 Å². The smallest absolute Gasteiger partial charge is 0.233 e. The standard InChI is InChI=1S/C11H17ClN2O/c1-8-9(5-6-12)11(15)14-7-3-2-4-10(14)13-8/h8-9H,2-7H2,1H3. The first-order valence-corrected chi connectivity index (χ1v) is 6.21. The summed E-state index contributed by atoms with van der Waals surface area (Å²) in [6, 6.07) is 0.112. The fourth-order valence-corrected chi connectivity index (χ4v) is 2.64. The van der Waals surface area contributed by atoms with Gasteiger partial charge in [0.25, 0.3) is 0 Å². The first kappa shape index (κ1) is 10.9. The number of amidine groups is 1. The van der Waals surface area contributed by atoms with Crippen molar-refractivity contribution in [1.29, 1.82) is 0 Å². The van der Waals surface area contributed by atoms with E-state index in [0.717, 1.165) is 38.1 Å². The monoisotopic (exact) mass is 228 g/mol. The second-order valence-corrected chi connectivity index (χ2v) is 4.70. The number of halogens is 1. The lowest BCUT2D eigenvalue weighted by molar-refractivity contribution is -0.133. The molecule has 0 aromatic rings. The molecule has 2 heterocycles. The van der Waals surface area contributed by atoms with Crippen molar-refractivity contribution in [2.75, 3.05) is 12.4 Å². The highest BCUT2D eigenvalue weighted by Gasteiger charge is 2.36. The van der Waals surface area contributed by atoms with Gasteiger partial charge in [-0.05, 0) is 26.2 Å². The van der Waals surface area contributed by atoms with Crippen molar-refractivity contribution in [1.82, 2.24) is 4.90 Å². The third-order valence-corrected chi connectivity index (χ3v) is 3.50. The summed E-state index contributed by atoms with van der Waals surface area (Å²) in [6.07, 6.45) is 3.97. The highest BCUT2D eigenvalue weighted by Crippen LogP contribution is 2.26. The molecule has 4 heteroatoms. The molecule has 3 nitrogen and oxygen atoms in total. The topological polar surface area (TPSA) is 32.7 Å². The summed E-state index contributed by atoms with van der Waals surface area (Å²) in [4.78, 5) is 18.6. The third kappa shape index (κ3) is 2.03. The van der Waals surface area contributed by atoms with Gasteiger partial charge in [0, 0.05) is 18.8 Å². The Hall–Kier alpha value is -0.570. The van der Waals surface area contributed by atoms with E-state index < -0.39 is 0 Å². The summed E-state index contributed by atoms with van der Waals surface area (Å²) in [5.74, 6) is 1.79. The molecule has 2 atom stereocenters. The number of piperidine rings is 1. The molecule has 0 aromatic heterocycles. The number of rotatable bonds is 2. The Morgan fingerprint density at radius 2 is 2.33 bits per heavy atom. The molecular formula is C11H17ClN2O. The average Bonchev–Trinajstić information content (AvgIpc) is 2.24. The molecule has 2 aliphatic rings. The Morgan fingerprint density at radius 1 is 1.53 bits per heavy atom. The summed E-state index contributed by atoms with van der Waals surface area (Å²) < 4.78 is 0. The normalized spacial score (nSPS) is 31.2. The molecule has 0 aromatic carbocycles. The predicted molar refractivity (Wildman–Crippen MR) is 61.3 cm³/mol. The van der Waals surface area contributed by atoms with Gasteiger partial charge < -0.3 is 4.90 Å². The van der Waals surface area contributed by atoms with Crippen LogP contribution in [0.15, 0.2) is 4.99 Å². The van der Waals surface area contributed by atoms with Crippen LogP contribution in [0, 0.1) is 5.92 Å².